The molecule has 0 aliphatic rings. The number of hydrogen-bond donors (Lipinski definition) is 0. The molecule has 0 aromatic carbocycles. The van der Waals surface area contributed by atoms with Crippen LogP contribution in [0, 0.1) is 0 Å². The zero-order valence-corrected chi connectivity index (χ0v) is 11.6. The number of hydrogen-bond acceptors (Lipinski definition) is 4. The van der Waals surface area contributed by atoms with Gasteiger partial charge in [-0.25, -0.2) is 0 Å². The van der Waals surface area contributed by atoms with Gasteiger partial charge in [-0.15, -0.1) is 0 Å². The third kappa shape index (κ3) is 23.5. The van der Waals surface area contributed by atoms with Crippen LogP contribution in [0.4, 0.5) is 0 Å². The fraction of sp³-hybridized carbons (Fsp3) is 0.800. The molecule has 6 heteroatoms. The van der Waals surface area contributed by atoms with Crippen LogP contribution in [-0.2, 0) is 35.1 Å². The van der Waals surface area contributed by atoms with E-state index in [1.807, 2.05) is 6.92 Å². The maximum Gasteiger partial charge on any atom is 0.321 e. The van der Waals surface area contributed by atoms with Crippen molar-refractivity contribution in [2.75, 3.05) is 6.61 Å². The molecule has 0 radical (unpaired) electrons. The van der Waals surface area contributed by atoms with Crippen LogP contribution < -0.4 is 0 Å². The summed E-state index contributed by atoms with van der Waals surface area (Å²) in [6.07, 6.45) is 3.83. The summed E-state index contributed by atoms with van der Waals surface area (Å²) in [6.45, 7) is 5.68. The van der Waals surface area contributed by atoms with Gasteiger partial charge in [0.2, 0.25) is 0 Å². The summed E-state index contributed by atoms with van der Waals surface area (Å²) in [5.74, 6) is -0.539. The first-order chi connectivity index (χ1) is 7.08. The molecule has 4 nitrogen and oxygen atoms in total. The van der Waals surface area contributed by atoms with E-state index in [0.29, 0.717) is 13.0 Å². The fourth-order valence-corrected chi connectivity index (χ4v) is 0.752. The monoisotopic (exact) mass is 296 g/mol. The quantitative estimate of drug-likeness (QED) is 0.445. The van der Waals surface area contributed by atoms with Crippen LogP contribution in [0.2, 0.25) is 0 Å². The van der Waals surface area contributed by atoms with Gasteiger partial charge in [-0.1, -0.05) is 19.8 Å². The molecule has 0 heterocycles. The maximum atomic E-state index is 10.7. The normalized spacial score (nSPS) is 8.00. The molecule has 0 amide bonds. The Kier molecular flexibility index (Phi) is 22.5. The smallest absolute Gasteiger partial charge is 0.321 e. The van der Waals surface area contributed by atoms with Crippen molar-refractivity contribution in [1.82, 2.24) is 0 Å². The van der Waals surface area contributed by atoms with Gasteiger partial charge in [-0.05, 0) is 13.3 Å². The SMILES string of the molecule is CC(=O)OCl.CCCCCC(=O)OCC.[Ni]. The fourth-order valence-electron chi connectivity index (χ4n) is 0.752. The van der Waals surface area contributed by atoms with E-state index in [1.54, 1.807) is 0 Å². The molecule has 0 saturated carbocycles. The Hall–Kier alpha value is -0.276. The molecule has 0 saturated heterocycles. The molecule has 0 fully saturated rings. The average Bonchev–Trinajstić information content (AvgIpc) is 2.19. The predicted molar refractivity (Wildman–Crippen MR) is 58.4 cm³/mol. The van der Waals surface area contributed by atoms with E-state index in [9.17, 15) is 9.59 Å². The molecule has 0 atom stereocenters. The molecule has 0 aliphatic carbocycles. The first-order valence-corrected chi connectivity index (χ1v) is 5.34. The van der Waals surface area contributed by atoms with Gasteiger partial charge in [-0.3, -0.25) is 9.59 Å². The van der Waals surface area contributed by atoms with E-state index < -0.39 is 5.97 Å². The second-order valence-electron chi connectivity index (χ2n) is 2.83. The van der Waals surface area contributed by atoms with Crippen molar-refractivity contribution in [2.45, 2.75) is 46.5 Å². The van der Waals surface area contributed by atoms with Crippen LogP contribution >= 0.6 is 11.9 Å². The molecule has 0 aliphatic heterocycles. The van der Waals surface area contributed by atoms with E-state index in [4.69, 9.17) is 4.74 Å². The van der Waals surface area contributed by atoms with E-state index in [1.165, 1.54) is 6.92 Å². The molecule has 0 N–H and O–H groups in total. The van der Waals surface area contributed by atoms with Crippen molar-refractivity contribution in [2.24, 2.45) is 0 Å². The largest absolute Gasteiger partial charge is 0.466 e. The van der Waals surface area contributed by atoms with Gasteiger partial charge in [0.25, 0.3) is 0 Å². The Balaban J connectivity index is -0.000000242. The summed E-state index contributed by atoms with van der Waals surface area (Å²) < 4.78 is 8.33. The summed E-state index contributed by atoms with van der Waals surface area (Å²) in [6, 6.07) is 0. The number of carbonyl (C=O) groups is 2. The first kappa shape index (κ1) is 21.1. The summed E-state index contributed by atoms with van der Waals surface area (Å²) >= 11 is 4.49. The number of rotatable bonds is 5. The summed E-state index contributed by atoms with van der Waals surface area (Å²) in [7, 11) is 0. The Morgan fingerprint density at radius 1 is 1.19 bits per heavy atom. The van der Waals surface area contributed by atoms with Crippen LogP contribution in [-0.4, -0.2) is 18.5 Å². The minimum atomic E-state index is -0.480. The minimum Gasteiger partial charge on any atom is -0.466 e. The molecular weight excluding hydrogens is 278 g/mol. The molecule has 0 spiro atoms. The van der Waals surface area contributed by atoms with E-state index >= 15 is 0 Å². The van der Waals surface area contributed by atoms with Crippen LogP contribution in [0.5, 0.6) is 0 Å². The van der Waals surface area contributed by atoms with E-state index in [-0.39, 0.29) is 22.5 Å². The summed E-state index contributed by atoms with van der Waals surface area (Å²) in [4.78, 5) is 20.2. The Labute approximate surface area is 112 Å². The summed E-state index contributed by atoms with van der Waals surface area (Å²) in [5.41, 5.74) is 0. The van der Waals surface area contributed by atoms with Gasteiger partial charge in [0.15, 0.2) is 0 Å². The topological polar surface area (TPSA) is 52.6 Å². The van der Waals surface area contributed by atoms with Gasteiger partial charge in [-0.2, -0.15) is 0 Å². The Bertz CT molecular complexity index is 176. The summed E-state index contributed by atoms with van der Waals surface area (Å²) in [5, 5.41) is 0. The standard InChI is InChI=1S/C8H16O2.C2H3ClO2.Ni/c1-3-5-6-7-8(9)10-4-2;1-2(4)5-3;/h3-7H2,1-2H3;1H3;. The number of unbranched alkanes of at least 4 members (excludes halogenated alkanes) is 2. The molecule has 0 bridgehead atoms. The Morgan fingerprint density at radius 2 is 1.69 bits per heavy atom. The number of esters is 1. The molecular formula is C10H19ClNiO4. The minimum absolute atomic E-state index is 0. The van der Waals surface area contributed by atoms with Gasteiger partial charge < -0.3 is 9.03 Å². The van der Waals surface area contributed by atoms with Gasteiger partial charge in [0.1, 0.15) is 11.9 Å². The van der Waals surface area contributed by atoms with Crippen molar-refractivity contribution in [3.05, 3.63) is 0 Å². The average molecular weight is 297 g/mol. The van der Waals surface area contributed by atoms with Crippen LogP contribution in [0.15, 0.2) is 0 Å². The van der Waals surface area contributed by atoms with Gasteiger partial charge in [0.05, 0.1) is 6.61 Å². The first-order valence-electron chi connectivity index (χ1n) is 5.03. The van der Waals surface area contributed by atoms with E-state index in [2.05, 4.69) is 23.1 Å². The Morgan fingerprint density at radius 3 is 2.00 bits per heavy atom. The molecule has 0 aromatic rings. The molecule has 16 heavy (non-hydrogen) atoms. The maximum absolute atomic E-state index is 10.7. The molecule has 0 aromatic heterocycles. The zero-order valence-electron chi connectivity index (χ0n) is 9.86. The van der Waals surface area contributed by atoms with Crippen molar-refractivity contribution in [1.29, 1.82) is 0 Å². The third-order valence-corrected chi connectivity index (χ3v) is 1.62. The van der Waals surface area contributed by atoms with Crippen molar-refractivity contribution in [3.63, 3.8) is 0 Å². The molecule has 0 unspecified atom stereocenters. The van der Waals surface area contributed by atoms with Crippen molar-refractivity contribution >= 4 is 23.8 Å². The van der Waals surface area contributed by atoms with Crippen LogP contribution in [0.1, 0.15) is 46.5 Å². The number of carbonyl (C=O) groups excluding carboxylic acids is 2. The van der Waals surface area contributed by atoms with Gasteiger partial charge in [0, 0.05) is 29.8 Å². The number of ether oxygens (including phenoxy) is 1. The molecule has 100 valence electrons. The molecule has 0 rings (SSSR count). The van der Waals surface area contributed by atoms with Crippen molar-refractivity contribution < 1.29 is 35.1 Å². The van der Waals surface area contributed by atoms with Gasteiger partial charge >= 0.3 is 11.9 Å². The number of halogens is 1. The van der Waals surface area contributed by atoms with E-state index in [0.717, 1.165) is 19.3 Å². The van der Waals surface area contributed by atoms with Crippen molar-refractivity contribution in [3.8, 4) is 0 Å². The zero-order chi connectivity index (χ0) is 12.1. The van der Waals surface area contributed by atoms with Crippen LogP contribution in [0.3, 0.4) is 0 Å². The second kappa shape index (κ2) is 17.1. The predicted octanol–water partition coefficient (Wildman–Crippen LogP) is 2.83. The third-order valence-electron chi connectivity index (χ3n) is 1.40. The second-order valence-corrected chi connectivity index (χ2v) is 2.99. The van der Waals surface area contributed by atoms with Crippen LogP contribution in [0.25, 0.3) is 0 Å².